The fourth-order valence-corrected chi connectivity index (χ4v) is 4.64. The molecule has 0 aromatic heterocycles. The molecule has 2 aliphatic heterocycles. The summed E-state index contributed by atoms with van der Waals surface area (Å²) in [5.41, 5.74) is 2.33. The second kappa shape index (κ2) is 9.17. The first-order chi connectivity index (χ1) is 14.1. The maximum absolute atomic E-state index is 12.6. The van der Waals surface area contributed by atoms with Crippen LogP contribution in [0.4, 0.5) is 5.69 Å². The van der Waals surface area contributed by atoms with E-state index in [9.17, 15) is 9.59 Å². The fraction of sp³-hybridized carbons (Fsp3) is 0.333. The SMILES string of the molecule is O=C(NCCc1ccc(Cl)cc1)c1ccc2c(c1)NC(=O)C(N1CCOCC1)S2. The van der Waals surface area contributed by atoms with Gasteiger partial charge in [0.1, 0.15) is 5.37 Å². The van der Waals surface area contributed by atoms with Crippen molar-refractivity contribution in [3.05, 3.63) is 58.6 Å². The van der Waals surface area contributed by atoms with Crippen LogP contribution in [-0.2, 0) is 16.0 Å². The monoisotopic (exact) mass is 431 g/mol. The molecule has 2 aromatic rings. The quantitative estimate of drug-likeness (QED) is 0.761. The molecule has 2 heterocycles. The van der Waals surface area contributed by atoms with Gasteiger partial charge in [0.25, 0.3) is 11.8 Å². The molecule has 0 bridgehead atoms. The predicted molar refractivity (Wildman–Crippen MR) is 115 cm³/mol. The smallest absolute Gasteiger partial charge is 0.252 e. The summed E-state index contributed by atoms with van der Waals surface area (Å²) in [6.07, 6.45) is 0.724. The molecule has 0 spiro atoms. The Labute approximate surface area is 178 Å². The number of ether oxygens (including phenoxy) is 1. The van der Waals surface area contributed by atoms with Crippen LogP contribution in [0.5, 0.6) is 0 Å². The first-order valence-corrected chi connectivity index (χ1v) is 10.8. The number of amides is 2. The Hall–Kier alpha value is -2.06. The van der Waals surface area contributed by atoms with Gasteiger partial charge in [0.05, 0.1) is 18.9 Å². The highest BCUT2D eigenvalue weighted by Gasteiger charge is 2.33. The zero-order chi connectivity index (χ0) is 20.2. The Morgan fingerprint density at radius 2 is 1.97 bits per heavy atom. The van der Waals surface area contributed by atoms with E-state index in [1.165, 1.54) is 11.8 Å². The van der Waals surface area contributed by atoms with Crippen molar-refractivity contribution in [3.8, 4) is 0 Å². The highest BCUT2D eigenvalue weighted by atomic mass is 35.5. The van der Waals surface area contributed by atoms with E-state index >= 15 is 0 Å². The number of fused-ring (bicyclic) bond motifs is 1. The van der Waals surface area contributed by atoms with Crippen molar-refractivity contribution in [1.82, 2.24) is 10.2 Å². The lowest BCUT2D eigenvalue weighted by molar-refractivity contribution is -0.119. The first-order valence-electron chi connectivity index (χ1n) is 9.56. The van der Waals surface area contributed by atoms with Gasteiger partial charge in [-0.1, -0.05) is 35.5 Å². The molecule has 0 saturated carbocycles. The molecule has 8 heteroatoms. The van der Waals surface area contributed by atoms with Crippen LogP contribution in [-0.4, -0.2) is 54.9 Å². The van der Waals surface area contributed by atoms with Gasteiger partial charge in [-0.3, -0.25) is 14.5 Å². The molecular formula is C21H22ClN3O3S. The van der Waals surface area contributed by atoms with E-state index in [2.05, 4.69) is 15.5 Å². The summed E-state index contributed by atoms with van der Waals surface area (Å²) in [6, 6.07) is 13.0. The first kappa shape index (κ1) is 20.2. The number of anilines is 1. The van der Waals surface area contributed by atoms with E-state index < -0.39 is 0 Å². The zero-order valence-electron chi connectivity index (χ0n) is 15.8. The highest BCUT2D eigenvalue weighted by Crippen LogP contribution is 2.37. The number of morpholine rings is 1. The van der Waals surface area contributed by atoms with Gasteiger partial charge in [-0.05, 0) is 42.3 Å². The lowest BCUT2D eigenvalue weighted by atomic mass is 10.1. The number of carbonyl (C=O) groups excluding carboxylic acids is 2. The average molecular weight is 432 g/mol. The van der Waals surface area contributed by atoms with E-state index in [-0.39, 0.29) is 17.2 Å². The zero-order valence-corrected chi connectivity index (χ0v) is 17.4. The summed E-state index contributed by atoms with van der Waals surface area (Å²) < 4.78 is 5.37. The third kappa shape index (κ3) is 4.93. The van der Waals surface area contributed by atoms with Crippen molar-refractivity contribution in [2.24, 2.45) is 0 Å². The second-order valence-electron chi connectivity index (χ2n) is 6.95. The minimum absolute atomic E-state index is 0.0512. The molecule has 0 radical (unpaired) electrons. The molecule has 6 nitrogen and oxygen atoms in total. The summed E-state index contributed by atoms with van der Waals surface area (Å²) in [5.74, 6) is -0.207. The lowest BCUT2D eigenvalue weighted by Crippen LogP contribution is -2.48. The number of hydrogen-bond acceptors (Lipinski definition) is 5. The Kier molecular flexibility index (Phi) is 6.40. The highest BCUT2D eigenvalue weighted by molar-refractivity contribution is 8.00. The molecule has 1 fully saturated rings. The van der Waals surface area contributed by atoms with Crippen LogP contribution < -0.4 is 10.6 Å². The Bertz CT molecular complexity index is 901. The Balaban J connectivity index is 1.36. The van der Waals surface area contributed by atoms with Crippen LogP contribution >= 0.6 is 23.4 Å². The largest absolute Gasteiger partial charge is 0.379 e. The fourth-order valence-electron chi connectivity index (χ4n) is 3.37. The number of nitrogens with zero attached hydrogens (tertiary/aromatic N) is 1. The number of benzene rings is 2. The molecule has 0 aliphatic carbocycles. The molecule has 2 aromatic carbocycles. The van der Waals surface area contributed by atoms with Crippen LogP contribution in [0.1, 0.15) is 15.9 Å². The minimum Gasteiger partial charge on any atom is -0.379 e. The van der Waals surface area contributed by atoms with Crippen molar-refractivity contribution < 1.29 is 14.3 Å². The van der Waals surface area contributed by atoms with Crippen LogP contribution in [0.15, 0.2) is 47.4 Å². The normalized spacial score (nSPS) is 19.3. The molecule has 152 valence electrons. The lowest BCUT2D eigenvalue weighted by Gasteiger charge is -2.35. The summed E-state index contributed by atoms with van der Waals surface area (Å²) in [5, 5.41) is 6.32. The third-order valence-electron chi connectivity index (χ3n) is 4.95. The Morgan fingerprint density at radius 1 is 1.21 bits per heavy atom. The van der Waals surface area contributed by atoms with Crippen molar-refractivity contribution >= 4 is 40.9 Å². The number of thioether (sulfide) groups is 1. The Morgan fingerprint density at radius 3 is 2.72 bits per heavy atom. The number of carbonyl (C=O) groups is 2. The van der Waals surface area contributed by atoms with Crippen molar-refractivity contribution in [3.63, 3.8) is 0 Å². The molecule has 2 amide bonds. The van der Waals surface area contributed by atoms with E-state index in [1.54, 1.807) is 12.1 Å². The van der Waals surface area contributed by atoms with Crippen molar-refractivity contribution in [1.29, 1.82) is 0 Å². The van der Waals surface area contributed by atoms with Crippen LogP contribution in [0, 0.1) is 0 Å². The molecule has 1 unspecified atom stereocenters. The summed E-state index contributed by atoms with van der Waals surface area (Å²) >= 11 is 7.41. The van der Waals surface area contributed by atoms with Gasteiger partial charge in [0.15, 0.2) is 0 Å². The number of rotatable bonds is 5. The van der Waals surface area contributed by atoms with E-state index in [0.717, 1.165) is 30.0 Å². The maximum Gasteiger partial charge on any atom is 0.252 e. The van der Waals surface area contributed by atoms with E-state index in [4.69, 9.17) is 16.3 Å². The minimum atomic E-state index is -0.259. The molecule has 29 heavy (non-hydrogen) atoms. The second-order valence-corrected chi connectivity index (χ2v) is 8.51. The molecule has 2 aliphatic rings. The van der Waals surface area contributed by atoms with Gasteiger partial charge in [-0.2, -0.15) is 0 Å². The van der Waals surface area contributed by atoms with Crippen LogP contribution in [0.3, 0.4) is 0 Å². The van der Waals surface area contributed by atoms with Crippen LogP contribution in [0.2, 0.25) is 5.02 Å². The molecular weight excluding hydrogens is 410 g/mol. The molecule has 1 saturated heterocycles. The molecule has 4 rings (SSSR count). The summed E-state index contributed by atoms with van der Waals surface area (Å²) in [4.78, 5) is 28.2. The number of nitrogens with one attached hydrogen (secondary N) is 2. The van der Waals surface area contributed by atoms with Crippen LogP contribution in [0.25, 0.3) is 0 Å². The topological polar surface area (TPSA) is 70.7 Å². The van der Waals surface area contributed by atoms with Gasteiger partial charge >= 0.3 is 0 Å². The van der Waals surface area contributed by atoms with Gasteiger partial charge in [-0.25, -0.2) is 0 Å². The average Bonchev–Trinajstić information content (AvgIpc) is 2.75. The number of hydrogen-bond donors (Lipinski definition) is 2. The van der Waals surface area contributed by atoms with E-state index in [0.29, 0.717) is 36.0 Å². The van der Waals surface area contributed by atoms with Crippen molar-refractivity contribution in [2.45, 2.75) is 16.7 Å². The molecule has 1 atom stereocenters. The van der Waals surface area contributed by atoms with Crippen molar-refractivity contribution in [2.75, 3.05) is 38.2 Å². The van der Waals surface area contributed by atoms with Gasteiger partial charge < -0.3 is 15.4 Å². The summed E-state index contributed by atoms with van der Waals surface area (Å²) in [6.45, 7) is 3.31. The third-order valence-corrected chi connectivity index (χ3v) is 6.55. The standard InChI is InChI=1S/C21H22ClN3O3S/c22-16-4-1-14(2-5-16)7-8-23-19(26)15-3-6-18-17(13-15)24-20(27)21(29-18)25-9-11-28-12-10-25/h1-6,13,21H,7-12H2,(H,23,26)(H,24,27). The number of halogens is 1. The van der Waals surface area contributed by atoms with E-state index in [1.807, 2.05) is 30.3 Å². The summed E-state index contributed by atoms with van der Waals surface area (Å²) in [7, 11) is 0. The molecule has 2 N–H and O–H groups in total. The van der Waals surface area contributed by atoms with Gasteiger partial charge in [0.2, 0.25) is 0 Å². The van der Waals surface area contributed by atoms with Gasteiger partial charge in [0, 0.05) is 35.1 Å². The van der Waals surface area contributed by atoms with Gasteiger partial charge in [-0.15, -0.1) is 0 Å². The predicted octanol–water partition coefficient (Wildman–Crippen LogP) is 3.02. The maximum atomic E-state index is 12.6.